The number of hydrogen-bond acceptors (Lipinski definition) is 5. The van der Waals surface area contributed by atoms with Crippen LogP contribution in [0.15, 0.2) is 53.1 Å². The first kappa shape index (κ1) is 21.5. The number of alkyl halides is 3. The third kappa shape index (κ3) is 4.66. The number of aromatic nitrogens is 3. The highest BCUT2D eigenvalue weighted by Crippen LogP contribution is 2.32. The van der Waals surface area contributed by atoms with E-state index in [1.165, 1.54) is 18.4 Å². The minimum atomic E-state index is -4.72. The Hall–Kier alpha value is -3.24. The molecule has 0 fully saturated rings. The van der Waals surface area contributed by atoms with E-state index >= 15 is 0 Å². The fraction of sp³-hybridized carbons (Fsp3) is 0.0556. The molecule has 30 heavy (non-hydrogen) atoms. The number of carboxylic acid groups (broad SMARTS) is 1. The number of hydrogen-bond donors (Lipinski definition) is 2. The summed E-state index contributed by atoms with van der Waals surface area (Å²) < 4.78 is 44.7. The third-order valence-corrected chi connectivity index (χ3v) is 4.24. The molecule has 4 rings (SSSR count). The first-order chi connectivity index (χ1) is 14.1. The topological polar surface area (TPSA) is 107 Å². The zero-order chi connectivity index (χ0) is 22.1. The van der Waals surface area contributed by atoms with Crippen LogP contribution >= 0.6 is 23.2 Å². The van der Waals surface area contributed by atoms with Crippen LogP contribution in [0.25, 0.3) is 17.1 Å². The predicted octanol–water partition coefficient (Wildman–Crippen LogP) is 5.28. The van der Waals surface area contributed by atoms with E-state index in [1.807, 2.05) is 0 Å². The summed E-state index contributed by atoms with van der Waals surface area (Å²) in [5, 5.41) is 13.3. The molecule has 1 aromatic carbocycles. The van der Waals surface area contributed by atoms with E-state index in [9.17, 15) is 18.0 Å². The number of furan rings is 1. The Balaban J connectivity index is 0.000000239. The summed E-state index contributed by atoms with van der Waals surface area (Å²) in [4.78, 5) is 14.8. The average molecular weight is 459 g/mol. The van der Waals surface area contributed by atoms with E-state index in [-0.39, 0.29) is 17.1 Å². The van der Waals surface area contributed by atoms with Crippen LogP contribution in [0.4, 0.5) is 18.9 Å². The summed E-state index contributed by atoms with van der Waals surface area (Å²) in [6, 6.07) is 9.65. The number of nitrogens with two attached hydrogens (primary N) is 1. The number of anilines is 1. The molecular weight excluding hydrogens is 448 g/mol. The summed E-state index contributed by atoms with van der Waals surface area (Å²) in [6.45, 7) is 0. The SMILES string of the molecule is Nc1ccc(Cl)cc1Cl.O=C(O)c1cc2nc(-c3ccco3)cc(C(F)(F)F)n2n1. The normalized spacial score (nSPS) is 11.2. The molecule has 0 aliphatic rings. The van der Waals surface area contributed by atoms with E-state index < -0.39 is 23.5 Å². The molecule has 0 unspecified atom stereocenters. The van der Waals surface area contributed by atoms with Crippen molar-refractivity contribution in [1.29, 1.82) is 0 Å². The predicted molar refractivity (Wildman–Crippen MR) is 104 cm³/mol. The van der Waals surface area contributed by atoms with Gasteiger partial charge in [-0.25, -0.2) is 14.3 Å². The smallest absolute Gasteiger partial charge is 0.433 e. The van der Waals surface area contributed by atoms with Gasteiger partial charge in [0.2, 0.25) is 0 Å². The molecule has 0 bridgehead atoms. The molecule has 0 aliphatic carbocycles. The van der Waals surface area contributed by atoms with Crippen LogP contribution in [0.5, 0.6) is 0 Å². The van der Waals surface area contributed by atoms with Gasteiger partial charge in [-0.15, -0.1) is 0 Å². The number of carbonyl (C=O) groups is 1. The van der Waals surface area contributed by atoms with Gasteiger partial charge in [0.25, 0.3) is 0 Å². The molecule has 0 saturated carbocycles. The number of rotatable bonds is 2. The Bertz CT molecular complexity index is 1210. The average Bonchev–Trinajstić information content (AvgIpc) is 3.33. The van der Waals surface area contributed by atoms with Gasteiger partial charge in [-0.3, -0.25) is 0 Å². The second-order valence-corrected chi connectivity index (χ2v) is 6.62. The highest BCUT2D eigenvalue weighted by Gasteiger charge is 2.35. The van der Waals surface area contributed by atoms with Crippen molar-refractivity contribution in [2.75, 3.05) is 5.73 Å². The molecule has 0 radical (unpaired) electrons. The van der Waals surface area contributed by atoms with Crippen molar-refractivity contribution < 1.29 is 27.5 Å². The Morgan fingerprint density at radius 1 is 1.17 bits per heavy atom. The van der Waals surface area contributed by atoms with Crippen molar-refractivity contribution in [3.05, 3.63) is 70.2 Å². The molecule has 4 aromatic rings. The molecular formula is C18H11Cl2F3N4O3. The first-order valence-electron chi connectivity index (χ1n) is 8.02. The summed E-state index contributed by atoms with van der Waals surface area (Å²) in [5.41, 5.74) is 4.01. The molecule has 3 heterocycles. The largest absolute Gasteiger partial charge is 0.476 e. The third-order valence-electron chi connectivity index (χ3n) is 3.67. The number of nitrogen functional groups attached to an aromatic ring is 1. The van der Waals surface area contributed by atoms with Crippen molar-refractivity contribution in [2.24, 2.45) is 0 Å². The minimum absolute atomic E-state index is 0.0586. The molecule has 3 N–H and O–H groups in total. The molecule has 0 aliphatic heterocycles. The first-order valence-corrected chi connectivity index (χ1v) is 8.77. The second kappa shape index (κ2) is 8.25. The van der Waals surface area contributed by atoms with Crippen molar-refractivity contribution >= 4 is 40.5 Å². The van der Waals surface area contributed by atoms with Gasteiger partial charge in [-0.2, -0.15) is 18.3 Å². The minimum Gasteiger partial charge on any atom is -0.476 e. The van der Waals surface area contributed by atoms with Crippen LogP contribution in [0.2, 0.25) is 10.0 Å². The Morgan fingerprint density at radius 3 is 2.43 bits per heavy atom. The Labute approximate surface area is 176 Å². The standard InChI is InChI=1S/C12H6F3N3O3.C6H5Cl2N/c13-12(14,15)9-4-6(8-2-1-3-21-8)16-10-5-7(11(19)20)17-18(9)10;7-4-1-2-6(9)5(8)3-4/h1-5H,(H,19,20);1-3H,9H2. The maximum absolute atomic E-state index is 13.1. The summed E-state index contributed by atoms with van der Waals surface area (Å²) in [5.74, 6) is -1.30. The van der Waals surface area contributed by atoms with Gasteiger partial charge in [0.15, 0.2) is 22.8 Å². The number of aromatic carboxylic acids is 1. The van der Waals surface area contributed by atoms with Gasteiger partial charge >= 0.3 is 12.1 Å². The highest BCUT2D eigenvalue weighted by molar-refractivity contribution is 6.36. The summed E-state index contributed by atoms with van der Waals surface area (Å²) >= 11 is 11.2. The molecule has 0 atom stereocenters. The van der Waals surface area contributed by atoms with E-state index in [0.717, 1.165) is 12.1 Å². The van der Waals surface area contributed by atoms with Gasteiger partial charge < -0.3 is 15.3 Å². The zero-order valence-corrected chi connectivity index (χ0v) is 16.2. The zero-order valence-electron chi connectivity index (χ0n) is 14.7. The second-order valence-electron chi connectivity index (χ2n) is 5.77. The van der Waals surface area contributed by atoms with Crippen LogP contribution in [0.1, 0.15) is 16.2 Å². The summed E-state index contributed by atoms with van der Waals surface area (Å²) in [7, 11) is 0. The monoisotopic (exact) mass is 458 g/mol. The molecule has 7 nitrogen and oxygen atoms in total. The van der Waals surface area contributed by atoms with Crippen LogP contribution in [-0.4, -0.2) is 25.7 Å². The van der Waals surface area contributed by atoms with E-state index in [4.69, 9.17) is 38.5 Å². The van der Waals surface area contributed by atoms with Crippen molar-refractivity contribution in [3.63, 3.8) is 0 Å². The number of halogens is 5. The van der Waals surface area contributed by atoms with Gasteiger partial charge in [-0.1, -0.05) is 23.2 Å². The van der Waals surface area contributed by atoms with Crippen molar-refractivity contribution in [3.8, 4) is 11.5 Å². The highest BCUT2D eigenvalue weighted by atomic mass is 35.5. The maximum Gasteiger partial charge on any atom is 0.433 e. The lowest BCUT2D eigenvalue weighted by Gasteiger charge is -2.09. The van der Waals surface area contributed by atoms with E-state index in [0.29, 0.717) is 20.2 Å². The van der Waals surface area contributed by atoms with Crippen LogP contribution in [-0.2, 0) is 6.18 Å². The molecule has 0 saturated heterocycles. The molecule has 3 aromatic heterocycles. The molecule has 156 valence electrons. The van der Waals surface area contributed by atoms with Crippen LogP contribution in [0, 0.1) is 0 Å². The summed E-state index contributed by atoms with van der Waals surface area (Å²) in [6.07, 6.45) is -3.42. The lowest BCUT2D eigenvalue weighted by Crippen LogP contribution is -2.14. The quantitative estimate of drug-likeness (QED) is 0.395. The van der Waals surface area contributed by atoms with Gasteiger partial charge in [0, 0.05) is 11.1 Å². The fourth-order valence-corrected chi connectivity index (χ4v) is 2.74. The number of nitrogens with zero attached hydrogens (tertiary/aromatic N) is 3. The molecule has 0 amide bonds. The lowest BCUT2D eigenvalue weighted by atomic mass is 10.2. The molecule has 0 spiro atoms. The van der Waals surface area contributed by atoms with Crippen molar-refractivity contribution in [2.45, 2.75) is 6.18 Å². The fourth-order valence-electron chi connectivity index (χ4n) is 2.33. The van der Waals surface area contributed by atoms with Crippen LogP contribution < -0.4 is 5.73 Å². The maximum atomic E-state index is 13.1. The Morgan fingerprint density at radius 2 is 1.90 bits per heavy atom. The van der Waals surface area contributed by atoms with E-state index in [1.54, 1.807) is 18.2 Å². The van der Waals surface area contributed by atoms with Gasteiger partial charge in [0.05, 0.1) is 17.0 Å². The van der Waals surface area contributed by atoms with Gasteiger partial charge in [-0.05, 0) is 36.4 Å². The number of carboxylic acids is 1. The lowest BCUT2D eigenvalue weighted by molar-refractivity contribution is -0.142. The Kier molecular flexibility index (Phi) is 5.90. The van der Waals surface area contributed by atoms with E-state index in [2.05, 4.69) is 10.1 Å². The van der Waals surface area contributed by atoms with Crippen LogP contribution in [0.3, 0.4) is 0 Å². The molecule has 12 heteroatoms. The van der Waals surface area contributed by atoms with Gasteiger partial charge in [0.1, 0.15) is 5.69 Å². The van der Waals surface area contributed by atoms with Crippen molar-refractivity contribution in [1.82, 2.24) is 14.6 Å². The number of fused-ring (bicyclic) bond motifs is 1. The number of benzene rings is 1.